The molecule has 0 radical (unpaired) electrons. The van der Waals surface area contributed by atoms with Crippen molar-refractivity contribution in [2.75, 3.05) is 5.32 Å². The van der Waals surface area contributed by atoms with Gasteiger partial charge in [0.05, 0.1) is 6.42 Å². The second kappa shape index (κ2) is 8.19. The number of ketones is 1. The van der Waals surface area contributed by atoms with Crippen LogP contribution in [-0.2, 0) is 20.7 Å². The van der Waals surface area contributed by atoms with E-state index in [1.807, 2.05) is 0 Å². The lowest BCUT2D eigenvalue weighted by Crippen LogP contribution is -2.30. The molecule has 0 aromatic heterocycles. The Hall–Kier alpha value is -3.02. The van der Waals surface area contributed by atoms with E-state index in [0.29, 0.717) is 16.8 Å². The number of anilines is 1. The highest BCUT2D eigenvalue weighted by Crippen LogP contribution is 2.12. The molecule has 0 bridgehead atoms. The molecule has 1 N–H and O–H groups in total. The normalized spacial score (nSPS) is 11.5. The van der Waals surface area contributed by atoms with Crippen molar-refractivity contribution < 1.29 is 23.5 Å². The molecule has 0 saturated heterocycles. The minimum Gasteiger partial charge on any atom is -0.452 e. The molecule has 1 atom stereocenters. The van der Waals surface area contributed by atoms with Crippen molar-refractivity contribution in [1.29, 1.82) is 0 Å². The van der Waals surface area contributed by atoms with Crippen LogP contribution in [0, 0.1) is 5.82 Å². The summed E-state index contributed by atoms with van der Waals surface area (Å²) in [5, 5.41) is 2.59. The van der Waals surface area contributed by atoms with Crippen LogP contribution >= 0.6 is 0 Å². The Bertz CT molecular complexity index is 804. The number of rotatable bonds is 6. The Morgan fingerprint density at radius 2 is 1.84 bits per heavy atom. The number of nitrogens with one attached hydrogen (secondary N) is 1. The first-order chi connectivity index (χ1) is 11.8. The zero-order valence-electron chi connectivity index (χ0n) is 13.9. The Morgan fingerprint density at radius 1 is 1.12 bits per heavy atom. The van der Waals surface area contributed by atoms with Gasteiger partial charge in [-0.2, -0.15) is 0 Å². The SMILES string of the molecule is CC(=O)c1cccc(NC(=O)[C@H](C)OC(=O)Cc2cccc(F)c2)c1. The molecule has 0 aliphatic rings. The summed E-state index contributed by atoms with van der Waals surface area (Å²) >= 11 is 0. The standard InChI is InChI=1S/C19H18FNO4/c1-12(22)15-6-4-8-17(11-15)21-19(24)13(2)25-18(23)10-14-5-3-7-16(20)9-14/h3-9,11,13H,10H2,1-2H3,(H,21,24)/t13-/m0/s1. The van der Waals surface area contributed by atoms with Crippen molar-refractivity contribution in [3.8, 4) is 0 Å². The Balaban J connectivity index is 1.92. The molecule has 0 fully saturated rings. The van der Waals surface area contributed by atoms with E-state index in [4.69, 9.17) is 4.74 Å². The van der Waals surface area contributed by atoms with Gasteiger partial charge in [-0.25, -0.2) is 4.39 Å². The number of hydrogen-bond donors (Lipinski definition) is 1. The molecule has 0 heterocycles. The van der Waals surface area contributed by atoms with E-state index in [1.54, 1.807) is 30.3 Å². The van der Waals surface area contributed by atoms with Crippen LogP contribution in [-0.4, -0.2) is 23.8 Å². The minimum absolute atomic E-state index is 0.120. The van der Waals surface area contributed by atoms with Gasteiger partial charge in [-0.05, 0) is 43.7 Å². The van der Waals surface area contributed by atoms with E-state index >= 15 is 0 Å². The Kier molecular flexibility index (Phi) is 6.00. The molecular weight excluding hydrogens is 325 g/mol. The van der Waals surface area contributed by atoms with Crippen LogP contribution in [0.3, 0.4) is 0 Å². The molecule has 130 valence electrons. The van der Waals surface area contributed by atoms with Gasteiger partial charge in [-0.1, -0.05) is 24.3 Å². The summed E-state index contributed by atoms with van der Waals surface area (Å²) in [5.74, 6) is -1.72. The molecule has 2 aromatic carbocycles. The molecule has 0 spiro atoms. The van der Waals surface area contributed by atoms with Crippen molar-refractivity contribution in [3.05, 3.63) is 65.5 Å². The first-order valence-corrected chi connectivity index (χ1v) is 7.71. The molecule has 2 aromatic rings. The molecular formula is C19H18FNO4. The van der Waals surface area contributed by atoms with Crippen LogP contribution in [0.15, 0.2) is 48.5 Å². The quantitative estimate of drug-likeness (QED) is 0.646. The number of amides is 1. The van der Waals surface area contributed by atoms with E-state index < -0.39 is 23.8 Å². The van der Waals surface area contributed by atoms with Gasteiger partial charge in [0.15, 0.2) is 11.9 Å². The fourth-order valence-corrected chi connectivity index (χ4v) is 2.17. The largest absolute Gasteiger partial charge is 0.452 e. The average Bonchev–Trinajstić information content (AvgIpc) is 2.54. The maximum absolute atomic E-state index is 13.1. The van der Waals surface area contributed by atoms with Gasteiger partial charge in [-0.3, -0.25) is 14.4 Å². The molecule has 0 saturated carbocycles. The van der Waals surface area contributed by atoms with Crippen LogP contribution < -0.4 is 5.32 Å². The second-order valence-corrected chi connectivity index (χ2v) is 5.57. The number of halogens is 1. The number of Topliss-reactive ketones (excluding diaryl/α,β-unsaturated/α-hetero) is 1. The Morgan fingerprint density at radius 3 is 2.52 bits per heavy atom. The van der Waals surface area contributed by atoms with Crippen LogP contribution in [0.5, 0.6) is 0 Å². The van der Waals surface area contributed by atoms with Gasteiger partial charge in [0.2, 0.25) is 0 Å². The van der Waals surface area contributed by atoms with Crippen molar-refractivity contribution in [1.82, 2.24) is 0 Å². The fraction of sp³-hybridized carbons (Fsp3) is 0.211. The number of hydrogen-bond acceptors (Lipinski definition) is 4. The fourth-order valence-electron chi connectivity index (χ4n) is 2.17. The molecule has 5 nitrogen and oxygen atoms in total. The molecule has 0 aliphatic heterocycles. The molecule has 2 rings (SSSR count). The second-order valence-electron chi connectivity index (χ2n) is 5.57. The predicted molar refractivity (Wildman–Crippen MR) is 90.7 cm³/mol. The number of carbonyl (C=O) groups excluding carboxylic acids is 3. The van der Waals surface area contributed by atoms with Crippen LogP contribution in [0.2, 0.25) is 0 Å². The van der Waals surface area contributed by atoms with E-state index in [1.165, 1.54) is 32.0 Å². The summed E-state index contributed by atoms with van der Waals surface area (Å²) in [6.45, 7) is 2.87. The first-order valence-electron chi connectivity index (χ1n) is 7.71. The van der Waals surface area contributed by atoms with Gasteiger partial charge >= 0.3 is 5.97 Å². The summed E-state index contributed by atoms with van der Waals surface area (Å²) < 4.78 is 18.2. The number of ether oxygens (including phenoxy) is 1. The van der Waals surface area contributed by atoms with E-state index in [2.05, 4.69) is 5.32 Å². The van der Waals surface area contributed by atoms with Crippen molar-refractivity contribution in [3.63, 3.8) is 0 Å². The lowest BCUT2D eigenvalue weighted by molar-refractivity contribution is -0.152. The van der Waals surface area contributed by atoms with Crippen LogP contribution in [0.1, 0.15) is 29.8 Å². The van der Waals surface area contributed by atoms with Gasteiger partial charge in [0.25, 0.3) is 5.91 Å². The van der Waals surface area contributed by atoms with Crippen molar-refractivity contribution >= 4 is 23.3 Å². The maximum Gasteiger partial charge on any atom is 0.311 e. The zero-order valence-corrected chi connectivity index (χ0v) is 13.9. The highest BCUT2D eigenvalue weighted by Gasteiger charge is 2.18. The van der Waals surface area contributed by atoms with Gasteiger partial charge < -0.3 is 10.1 Å². The zero-order chi connectivity index (χ0) is 18.4. The van der Waals surface area contributed by atoms with Gasteiger partial charge in [0, 0.05) is 11.3 Å². The monoisotopic (exact) mass is 343 g/mol. The summed E-state index contributed by atoms with van der Waals surface area (Å²) in [6.07, 6.45) is -1.16. The highest BCUT2D eigenvalue weighted by atomic mass is 19.1. The topological polar surface area (TPSA) is 72.5 Å². The average molecular weight is 343 g/mol. The molecule has 0 unspecified atom stereocenters. The van der Waals surface area contributed by atoms with E-state index in [9.17, 15) is 18.8 Å². The first kappa shape index (κ1) is 18.3. The third-order valence-electron chi connectivity index (χ3n) is 3.45. The summed E-state index contributed by atoms with van der Waals surface area (Å²) in [5.41, 5.74) is 1.37. The van der Waals surface area contributed by atoms with Crippen molar-refractivity contribution in [2.24, 2.45) is 0 Å². The highest BCUT2D eigenvalue weighted by molar-refractivity contribution is 5.98. The van der Waals surface area contributed by atoms with E-state index in [-0.39, 0.29) is 12.2 Å². The van der Waals surface area contributed by atoms with Crippen molar-refractivity contribution in [2.45, 2.75) is 26.4 Å². The number of carbonyl (C=O) groups is 3. The van der Waals surface area contributed by atoms with Crippen LogP contribution in [0.4, 0.5) is 10.1 Å². The molecule has 25 heavy (non-hydrogen) atoms. The summed E-state index contributed by atoms with van der Waals surface area (Å²) in [4.78, 5) is 35.3. The molecule has 6 heteroatoms. The summed E-state index contributed by atoms with van der Waals surface area (Å²) in [6, 6.07) is 12.1. The summed E-state index contributed by atoms with van der Waals surface area (Å²) in [7, 11) is 0. The maximum atomic E-state index is 13.1. The predicted octanol–water partition coefficient (Wildman–Crippen LogP) is 3.14. The third-order valence-corrected chi connectivity index (χ3v) is 3.45. The molecule has 1 amide bonds. The number of benzene rings is 2. The smallest absolute Gasteiger partial charge is 0.311 e. The lowest BCUT2D eigenvalue weighted by Gasteiger charge is -2.14. The molecule has 0 aliphatic carbocycles. The third kappa shape index (κ3) is 5.53. The minimum atomic E-state index is -1.03. The van der Waals surface area contributed by atoms with Gasteiger partial charge in [-0.15, -0.1) is 0 Å². The van der Waals surface area contributed by atoms with E-state index in [0.717, 1.165) is 0 Å². The number of esters is 1. The van der Waals surface area contributed by atoms with Crippen LogP contribution in [0.25, 0.3) is 0 Å². The lowest BCUT2D eigenvalue weighted by atomic mass is 10.1. The van der Waals surface area contributed by atoms with Gasteiger partial charge in [0.1, 0.15) is 5.82 Å². The Labute approximate surface area is 144 Å².